The molecule has 0 aliphatic carbocycles. The first-order valence-electron chi connectivity index (χ1n) is 6.84. The van der Waals surface area contributed by atoms with Crippen molar-refractivity contribution in [1.82, 2.24) is 5.32 Å². The minimum Gasteiger partial charge on any atom is -0.372 e. The Bertz CT molecular complexity index is 376. The second kappa shape index (κ2) is 8.27. The highest BCUT2D eigenvalue weighted by atomic mass is 19.4. The molecule has 0 fully saturated rings. The van der Waals surface area contributed by atoms with E-state index in [2.05, 4.69) is 5.32 Å². The van der Waals surface area contributed by atoms with Gasteiger partial charge < -0.3 is 10.1 Å². The minimum atomic E-state index is -4.25. The Morgan fingerprint density at radius 2 is 1.85 bits per heavy atom. The monoisotopic (exact) mass is 289 g/mol. The van der Waals surface area contributed by atoms with E-state index in [1.807, 2.05) is 38.1 Å². The van der Waals surface area contributed by atoms with E-state index in [0.29, 0.717) is 6.42 Å². The van der Waals surface area contributed by atoms with Gasteiger partial charge in [0.25, 0.3) is 0 Å². The molecule has 0 spiro atoms. The molecule has 5 heteroatoms. The highest BCUT2D eigenvalue weighted by molar-refractivity contribution is 5.24. The first-order chi connectivity index (χ1) is 9.42. The molecule has 0 aromatic heterocycles. The molecule has 1 N–H and O–H groups in total. The molecule has 0 bridgehead atoms. The van der Waals surface area contributed by atoms with E-state index in [-0.39, 0.29) is 12.5 Å². The zero-order chi connectivity index (χ0) is 15.0. The summed E-state index contributed by atoms with van der Waals surface area (Å²) in [5.74, 6) is 0.170. The smallest absolute Gasteiger partial charge is 0.372 e. The zero-order valence-electron chi connectivity index (χ0n) is 12.0. The van der Waals surface area contributed by atoms with Crippen molar-refractivity contribution in [3.8, 4) is 0 Å². The van der Waals surface area contributed by atoms with Crippen LogP contribution in [0.25, 0.3) is 0 Å². The van der Waals surface area contributed by atoms with Gasteiger partial charge in [-0.2, -0.15) is 13.2 Å². The number of benzene rings is 1. The molecular weight excluding hydrogens is 267 g/mol. The van der Waals surface area contributed by atoms with Crippen LogP contribution in [0.3, 0.4) is 0 Å². The van der Waals surface area contributed by atoms with Crippen molar-refractivity contribution >= 4 is 0 Å². The third-order valence-corrected chi connectivity index (χ3v) is 3.07. The summed E-state index contributed by atoms with van der Waals surface area (Å²) in [4.78, 5) is 0. The quantitative estimate of drug-likeness (QED) is 0.737. The van der Waals surface area contributed by atoms with Gasteiger partial charge in [0.1, 0.15) is 6.61 Å². The van der Waals surface area contributed by atoms with Gasteiger partial charge in [-0.1, -0.05) is 36.8 Å². The number of likely N-dealkylation sites (N-methyl/N-ethyl adjacent to an activating group) is 1. The molecule has 1 atom stereocenters. The van der Waals surface area contributed by atoms with Crippen LogP contribution in [0.4, 0.5) is 13.2 Å². The Morgan fingerprint density at radius 1 is 1.20 bits per heavy atom. The van der Waals surface area contributed by atoms with Crippen molar-refractivity contribution in [3.05, 3.63) is 35.4 Å². The topological polar surface area (TPSA) is 21.3 Å². The summed E-state index contributed by atoms with van der Waals surface area (Å²) in [6.07, 6.45) is -3.67. The zero-order valence-corrected chi connectivity index (χ0v) is 12.0. The standard InChI is InChI=1S/C15H22F3NO/c1-3-19-10-14(8-9-20-11-15(16,17)18)13-6-4-12(2)5-7-13/h4-7,14,19H,3,8-11H2,1-2H3. The number of ether oxygens (including phenoxy) is 1. The Balaban J connectivity index is 2.49. The van der Waals surface area contributed by atoms with Gasteiger partial charge in [-0.25, -0.2) is 0 Å². The number of aryl methyl sites for hydroxylation is 1. The predicted molar refractivity (Wildman–Crippen MR) is 74.0 cm³/mol. The molecule has 1 aromatic carbocycles. The summed E-state index contributed by atoms with van der Waals surface area (Å²) in [5.41, 5.74) is 2.30. The van der Waals surface area contributed by atoms with Crippen molar-refractivity contribution in [2.45, 2.75) is 32.4 Å². The number of rotatable bonds is 8. The molecule has 1 rings (SSSR count). The fraction of sp³-hybridized carbons (Fsp3) is 0.600. The van der Waals surface area contributed by atoms with Gasteiger partial charge in [-0.15, -0.1) is 0 Å². The van der Waals surface area contributed by atoms with Gasteiger partial charge in [-0.3, -0.25) is 0 Å². The largest absolute Gasteiger partial charge is 0.411 e. The number of hydrogen-bond donors (Lipinski definition) is 1. The number of alkyl halides is 3. The van der Waals surface area contributed by atoms with E-state index in [9.17, 15) is 13.2 Å². The molecule has 0 amide bonds. The molecule has 2 nitrogen and oxygen atoms in total. The van der Waals surface area contributed by atoms with Crippen molar-refractivity contribution in [3.63, 3.8) is 0 Å². The molecular formula is C15H22F3NO. The lowest BCUT2D eigenvalue weighted by Crippen LogP contribution is -2.23. The third-order valence-electron chi connectivity index (χ3n) is 3.07. The molecule has 0 aliphatic rings. The fourth-order valence-electron chi connectivity index (χ4n) is 1.96. The lowest BCUT2D eigenvalue weighted by atomic mass is 9.95. The van der Waals surface area contributed by atoms with Gasteiger partial charge in [-0.05, 0) is 31.4 Å². The predicted octanol–water partition coefficient (Wildman–Crippen LogP) is 3.66. The molecule has 0 radical (unpaired) electrons. The van der Waals surface area contributed by atoms with Crippen LogP contribution in [0.2, 0.25) is 0 Å². The molecule has 1 aromatic rings. The Labute approximate surface area is 118 Å². The van der Waals surface area contributed by atoms with Gasteiger partial charge in [0.15, 0.2) is 0 Å². The lowest BCUT2D eigenvalue weighted by molar-refractivity contribution is -0.174. The molecule has 1 unspecified atom stereocenters. The van der Waals surface area contributed by atoms with E-state index < -0.39 is 12.8 Å². The number of hydrogen-bond acceptors (Lipinski definition) is 2. The van der Waals surface area contributed by atoms with Crippen molar-refractivity contribution < 1.29 is 17.9 Å². The summed E-state index contributed by atoms with van der Waals surface area (Å²) < 4.78 is 40.7. The summed E-state index contributed by atoms with van der Waals surface area (Å²) in [6.45, 7) is 4.54. The van der Waals surface area contributed by atoms with Gasteiger partial charge in [0, 0.05) is 13.2 Å². The Hall–Kier alpha value is -1.07. The van der Waals surface area contributed by atoms with Crippen LogP contribution >= 0.6 is 0 Å². The molecule has 20 heavy (non-hydrogen) atoms. The van der Waals surface area contributed by atoms with Crippen LogP contribution in [0.1, 0.15) is 30.4 Å². The fourth-order valence-corrected chi connectivity index (χ4v) is 1.96. The second-order valence-corrected chi connectivity index (χ2v) is 4.87. The average molecular weight is 289 g/mol. The Morgan fingerprint density at radius 3 is 2.40 bits per heavy atom. The van der Waals surface area contributed by atoms with Crippen LogP contribution in [0.15, 0.2) is 24.3 Å². The van der Waals surface area contributed by atoms with Gasteiger partial charge >= 0.3 is 6.18 Å². The summed E-state index contributed by atoms with van der Waals surface area (Å²) in [5, 5.41) is 3.24. The average Bonchev–Trinajstić information content (AvgIpc) is 2.38. The minimum absolute atomic E-state index is 0.115. The SMILES string of the molecule is CCNCC(CCOCC(F)(F)F)c1ccc(C)cc1. The highest BCUT2D eigenvalue weighted by Crippen LogP contribution is 2.21. The highest BCUT2D eigenvalue weighted by Gasteiger charge is 2.27. The second-order valence-electron chi connectivity index (χ2n) is 4.87. The van der Waals surface area contributed by atoms with Crippen LogP contribution < -0.4 is 5.32 Å². The summed E-state index contributed by atoms with van der Waals surface area (Å²) >= 11 is 0. The molecule has 0 aliphatic heterocycles. The van der Waals surface area contributed by atoms with Crippen molar-refractivity contribution in [2.24, 2.45) is 0 Å². The van der Waals surface area contributed by atoms with E-state index in [1.54, 1.807) is 0 Å². The van der Waals surface area contributed by atoms with Crippen LogP contribution in [-0.2, 0) is 4.74 Å². The van der Waals surface area contributed by atoms with Gasteiger partial charge in [0.05, 0.1) is 0 Å². The molecule has 114 valence electrons. The normalized spacial score (nSPS) is 13.4. The van der Waals surface area contributed by atoms with Gasteiger partial charge in [0.2, 0.25) is 0 Å². The van der Waals surface area contributed by atoms with Crippen LogP contribution in [-0.4, -0.2) is 32.5 Å². The maximum atomic E-state index is 12.0. The van der Waals surface area contributed by atoms with E-state index in [4.69, 9.17) is 4.74 Å². The first kappa shape index (κ1) is 17.0. The Kier molecular flexibility index (Phi) is 7.02. The first-order valence-corrected chi connectivity index (χ1v) is 6.84. The molecule has 0 heterocycles. The van der Waals surface area contributed by atoms with Crippen LogP contribution in [0.5, 0.6) is 0 Å². The van der Waals surface area contributed by atoms with E-state index in [1.165, 1.54) is 5.56 Å². The maximum absolute atomic E-state index is 12.0. The molecule has 0 saturated heterocycles. The third kappa shape index (κ3) is 6.91. The summed E-state index contributed by atoms with van der Waals surface area (Å²) in [6, 6.07) is 8.10. The number of halogens is 3. The number of nitrogens with one attached hydrogen (secondary N) is 1. The summed E-state index contributed by atoms with van der Waals surface area (Å²) in [7, 11) is 0. The lowest BCUT2D eigenvalue weighted by Gasteiger charge is -2.18. The van der Waals surface area contributed by atoms with Crippen molar-refractivity contribution in [1.29, 1.82) is 0 Å². The maximum Gasteiger partial charge on any atom is 0.411 e. The van der Waals surface area contributed by atoms with E-state index >= 15 is 0 Å². The molecule has 0 saturated carbocycles. The van der Waals surface area contributed by atoms with Crippen LogP contribution in [0, 0.1) is 6.92 Å². The van der Waals surface area contributed by atoms with E-state index in [0.717, 1.165) is 18.7 Å². The van der Waals surface area contributed by atoms with Crippen molar-refractivity contribution in [2.75, 3.05) is 26.3 Å².